The molecule has 0 amide bonds. The van der Waals surface area contributed by atoms with E-state index in [0.717, 1.165) is 18.7 Å². The molecule has 0 unspecified atom stereocenters. The van der Waals surface area contributed by atoms with Gasteiger partial charge in [-0.2, -0.15) is 0 Å². The van der Waals surface area contributed by atoms with Crippen molar-refractivity contribution in [2.75, 3.05) is 32.1 Å². The molecule has 3 rings (SSSR count). The number of furan rings is 1. The Morgan fingerprint density at radius 2 is 2.11 bits per heavy atom. The maximum absolute atomic E-state index is 5.61. The van der Waals surface area contributed by atoms with Gasteiger partial charge in [0.05, 0.1) is 5.69 Å². The molecule has 0 radical (unpaired) electrons. The van der Waals surface area contributed by atoms with Crippen LogP contribution in [0.3, 0.4) is 0 Å². The Morgan fingerprint density at radius 3 is 2.83 bits per heavy atom. The molecule has 1 fully saturated rings. The summed E-state index contributed by atoms with van der Waals surface area (Å²) in [5, 5.41) is 4.52. The first kappa shape index (κ1) is 11.6. The van der Waals surface area contributed by atoms with Crippen LogP contribution in [0.25, 0.3) is 11.0 Å². The van der Waals surface area contributed by atoms with Gasteiger partial charge in [-0.3, -0.25) is 0 Å². The molecule has 18 heavy (non-hydrogen) atoms. The molecular weight excluding hydrogens is 224 g/mol. The molecule has 0 atom stereocenters. The Hall–Kier alpha value is -1.48. The van der Waals surface area contributed by atoms with Crippen molar-refractivity contribution in [3.8, 4) is 0 Å². The molecule has 1 N–H and O–H groups in total. The van der Waals surface area contributed by atoms with Crippen LogP contribution in [0.1, 0.15) is 12.8 Å². The Balaban J connectivity index is 1.82. The number of nitrogens with zero attached hydrogens (tertiary/aromatic N) is 1. The summed E-state index contributed by atoms with van der Waals surface area (Å²) in [6.07, 6.45) is 4.53. The Bertz CT molecular complexity index is 542. The molecule has 1 aliphatic carbocycles. The summed E-state index contributed by atoms with van der Waals surface area (Å²) in [4.78, 5) is 2.33. The monoisotopic (exact) mass is 244 g/mol. The number of fused-ring (bicyclic) bond motifs is 1. The number of nitrogens with one attached hydrogen (secondary N) is 1. The number of benzene rings is 1. The maximum Gasteiger partial charge on any atom is 0.136 e. The van der Waals surface area contributed by atoms with Crippen molar-refractivity contribution < 1.29 is 4.42 Å². The van der Waals surface area contributed by atoms with Crippen molar-refractivity contribution in [1.82, 2.24) is 5.32 Å². The minimum absolute atomic E-state index is 0.474. The maximum atomic E-state index is 5.61. The van der Waals surface area contributed by atoms with E-state index in [-0.39, 0.29) is 0 Å². The van der Waals surface area contributed by atoms with E-state index in [4.69, 9.17) is 4.42 Å². The summed E-state index contributed by atoms with van der Waals surface area (Å²) in [5.74, 6) is 0. The van der Waals surface area contributed by atoms with Crippen molar-refractivity contribution in [3.63, 3.8) is 0 Å². The lowest BCUT2D eigenvalue weighted by Crippen LogP contribution is -2.32. The fourth-order valence-corrected chi connectivity index (χ4v) is 2.79. The first-order chi connectivity index (χ1) is 8.74. The first-order valence-corrected chi connectivity index (χ1v) is 6.56. The molecule has 0 aliphatic heterocycles. The zero-order chi connectivity index (χ0) is 12.6. The van der Waals surface area contributed by atoms with Crippen LogP contribution in [-0.2, 0) is 0 Å². The van der Waals surface area contributed by atoms with E-state index >= 15 is 0 Å². The molecule has 2 aromatic rings. The SMILES string of the molecule is CNCC1(CN(C)c2coc3ccccc23)CC1. The Morgan fingerprint density at radius 1 is 1.33 bits per heavy atom. The molecule has 1 aromatic heterocycles. The van der Waals surface area contributed by atoms with Crippen LogP contribution in [0.15, 0.2) is 34.9 Å². The topological polar surface area (TPSA) is 28.4 Å². The molecule has 0 spiro atoms. The van der Waals surface area contributed by atoms with Gasteiger partial charge < -0.3 is 14.6 Å². The lowest BCUT2D eigenvalue weighted by molar-refractivity contribution is 0.481. The molecule has 0 saturated heterocycles. The van der Waals surface area contributed by atoms with E-state index in [9.17, 15) is 0 Å². The highest BCUT2D eigenvalue weighted by molar-refractivity contribution is 5.90. The van der Waals surface area contributed by atoms with Crippen molar-refractivity contribution in [2.24, 2.45) is 5.41 Å². The third-order valence-electron chi connectivity index (χ3n) is 3.95. The molecule has 1 heterocycles. The van der Waals surface area contributed by atoms with Gasteiger partial charge in [-0.25, -0.2) is 0 Å². The van der Waals surface area contributed by atoms with Gasteiger partial charge in [0.15, 0.2) is 0 Å². The number of hydrogen-bond acceptors (Lipinski definition) is 3. The van der Waals surface area contributed by atoms with Gasteiger partial charge in [0.25, 0.3) is 0 Å². The number of para-hydroxylation sites is 1. The molecule has 1 saturated carbocycles. The van der Waals surface area contributed by atoms with Gasteiger partial charge in [-0.05, 0) is 32.0 Å². The summed E-state index contributed by atoms with van der Waals surface area (Å²) in [7, 11) is 4.19. The largest absolute Gasteiger partial charge is 0.462 e. The quantitative estimate of drug-likeness (QED) is 0.876. The smallest absolute Gasteiger partial charge is 0.136 e. The highest BCUT2D eigenvalue weighted by Gasteiger charge is 2.42. The lowest BCUT2D eigenvalue weighted by Gasteiger charge is -2.24. The summed E-state index contributed by atoms with van der Waals surface area (Å²) >= 11 is 0. The van der Waals surface area contributed by atoms with Crippen LogP contribution in [0.2, 0.25) is 0 Å². The van der Waals surface area contributed by atoms with Crippen LogP contribution in [-0.4, -0.2) is 27.2 Å². The van der Waals surface area contributed by atoms with E-state index in [0.29, 0.717) is 5.41 Å². The first-order valence-electron chi connectivity index (χ1n) is 6.56. The van der Waals surface area contributed by atoms with Crippen LogP contribution in [0, 0.1) is 5.41 Å². The van der Waals surface area contributed by atoms with Crippen LogP contribution < -0.4 is 10.2 Å². The van der Waals surface area contributed by atoms with Crippen molar-refractivity contribution in [2.45, 2.75) is 12.8 Å². The average molecular weight is 244 g/mol. The Labute approximate surface area is 108 Å². The molecule has 3 nitrogen and oxygen atoms in total. The van der Waals surface area contributed by atoms with Gasteiger partial charge in [-0.1, -0.05) is 12.1 Å². The van der Waals surface area contributed by atoms with Crippen molar-refractivity contribution in [1.29, 1.82) is 0 Å². The molecular formula is C15H20N2O. The molecule has 3 heteroatoms. The van der Waals surface area contributed by atoms with E-state index in [2.05, 4.69) is 29.4 Å². The second-order valence-corrected chi connectivity index (χ2v) is 5.50. The minimum atomic E-state index is 0.474. The predicted molar refractivity (Wildman–Crippen MR) is 75.1 cm³/mol. The molecule has 0 bridgehead atoms. The van der Waals surface area contributed by atoms with Crippen LogP contribution >= 0.6 is 0 Å². The normalized spacial score (nSPS) is 17.0. The standard InChI is InChI=1S/C15H20N2O/c1-16-10-15(7-8-15)11-17(2)13-9-18-14-6-4-3-5-12(13)14/h3-6,9,16H,7-8,10-11H2,1-2H3. The molecule has 1 aliphatic rings. The second kappa shape index (κ2) is 4.32. The van der Waals surface area contributed by atoms with E-state index < -0.39 is 0 Å². The van der Waals surface area contributed by atoms with E-state index in [1.54, 1.807) is 0 Å². The fraction of sp³-hybridized carbons (Fsp3) is 0.467. The summed E-state index contributed by atoms with van der Waals surface area (Å²) in [5.41, 5.74) is 2.65. The summed E-state index contributed by atoms with van der Waals surface area (Å²) < 4.78 is 5.61. The summed E-state index contributed by atoms with van der Waals surface area (Å²) in [6.45, 7) is 2.20. The molecule has 1 aromatic carbocycles. The third kappa shape index (κ3) is 1.99. The lowest BCUT2D eigenvalue weighted by atomic mass is 10.1. The van der Waals surface area contributed by atoms with Gasteiger partial charge in [0, 0.05) is 30.9 Å². The predicted octanol–water partition coefficient (Wildman–Crippen LogP) is 2.87. The highest BCUT2D eigenvalue weighted by atomic mass is 16.3. The van der Waals surface area contributed by atoms with Gasteiger partial charge in [0.1, 0.15) is 11.8 Å². The number of hydrogen-bond donors (Lipinski definition) is 1. The fourth-order valence-electron chi connectivity index (χ4n) is 2.79. The zero-order valence-electron chi connectivity index (χ0n) is 11.1. The Kier molecular flexibility index (Phi) is 2.78. The van der Waals surface area contributed by atoms with E-state index in [1.165, 1.54) is 23.9 Å². The average Bonchev–Trinajstić information content (AvgIpc) is 2.98. The van der Waals surface area contributed by atoms with Gasteiger partial charge in [0.2, 0.25) is 0 Å². The second-order valence-electron chi connectivity index (χ2n) is 5.50. The van der Waals surface area contributed by atoms with Gasteiger partial charge in [-0.15, -0.1) is 0 Å². The van der Waals surface area contributed by atoms with Crippen LogP contribution in [0.4, 0.5) is 5.69 Å². The van der Waals surface area contributed by atoms with Gasteiger partial charge >= 0.3 is 0 Å². The molecule has 96 valence electrons. The zero-order valence-corrected chi connectivity index (χ0v) is 11.1. The van der Waals surface area contributed by atoms with E-state index in [1.807, 2.05) is 25.4 Å². The number of anilines is 1. The van der Waals surface area contributed by atoms with Crippen molar-refractivity contribution in [3.05, 3.63) is 30.5 Å². The number of rotatable bonds is 5. The third-order valence-corrected chi connectivity index (χ3v) is 3.95. The highest BCUT2D eigenvalue weighted by Crippen LogP contribution is 2.46. The van der Waals surface area contributed by atoms with Crippen molar-refractivity contribution >= 4 is 16.7 Å². The summed E-state index contributed by atoms with van der Waals surface area (Å²) in [6, 6.07) is 8.23. The minimum Gasteiger partial charge on any atom is -0.462 e. The van der Waals surface area contributed by atoms with Crippen LogP contribution in [0.5, 0.6) is 0 Å².